The summed E-state index contributed by atoms with van der Waals surface area (Å²) in [5.41, 5.74) is 4.08. The van der Waals surface area contributed by atoms with E-state index < -0.39 is 14.5 Å². The zero-order valence-corrected chi connectivity index (χ0v) is 23.1. The van der Waals surface area contributed by atoms with Crippen LogP contribution in [0.15, 0.2) is 85.5 Å². The van der Waals surface area contributed by atoms with Crippen LogP contribution < -0.4 is 9.13 Å². The molecule has 0 aliphatic rings. The van der Waals surface area contributed by atoms with Crippen molar-refractivity contribution in [1.82, 2.24) is 0 Å². The SMILES string of the molecule is Clc1cccc(Cl)c1C[n+]1ccc(-c2cc[n+](Cc3c(Cl)cccc3Cl)cc2)cc1.F[B-](F)(F)F.F[B-](F)(F)F. The lowest BCUT2D eigenvalue weighted by atomic mass is 10.1. The molecule has 0 spiro atoms. The van der Waals surface area contributed by atoms with Gasteiger partial charge in [0.25, 0.3) is 0 Å². The van der Waals surface area contributed by atoms with Gasteiger partial charge in [-0.1, -0.05) is 58.5 Å². The Balaban J connectivity index is 0.000000482. The van der Waals surface area contributed by atoms with Crippen LogP contribution in [0.4, 0.5) is 34.5 Å². The molecule has 2 nitrogen and oxygen atoms in total. The predicted molar refractivity (Wildman–Crippen MR) is 144 cm³/mol. The van der Waals surface area contributed by atoms with E-state index in [1.807, 2.05) is 61.2 Å². The molecule has 0 bridgehead atoms. The molecule has 2 aromatic carbocycles. The lowest BCUT2D eigenvalue weighted by Crippen LogP contribution is -2.34. The van der Waals surface area contributed by atoms with Crippen molar-refractivity contribution in [3.8, 4) is 11.1 Å². The summed E-state index contributed by atoms with van der Waals surface area (Å²) in [6.07, 6.45) is 8.11. The Labute approximate surface area is 244 Å². The zero-order chi connectivity index (χ0) is 30.1. The van der Waals surface area contributed by atoms with Gasteiger partial charge in [0.2, 0.25) is 0 Å². The van der Waals surface area contributed by atoms with E-state index in [-0.39, 0.29) is 0 Å². The quantitative estimate of drug-likeness (QED) is 0.116. The molecule has 2 aromatic heterocycles. The first-order chi connectivity index (χ1) is 18.5. The summed E-state index contributed by atoms with van der Waals surface area (Å²) in [5, 5.41) is 2.69. The molecule has 0 N–H and O–H groups in total. The first-order valence-corrected chi connectivity index (χ1v) is 12.6. The zero-order valence-electron chi connectivity index (χ0n) is 20.1. The van der Waals surface area contributed by atoms with Crippen LogP contribution in [0.3, 0.4) is 0 Å². The van der Waals surface area contributed by atoms with Gasteiger partial charge in [-0.2, -0.15) is 0 Å². The smallest absolute Gasteiger partial charge is 0.418 e. The molecule has 0 aliphatic heterocycles. The fraction of sp³-hybridized carbons (Fsp3) is 0.0833. The molecular weight excluding hydrogens is 632 g/mol. The van der Waals surface area contributed by atoms with Crippen LogP contribution in [-0.2, 0) is 13.1 Å². The predicted octanol–water partition coefficient (Wildman–Crippen LogP) is 9.24. The van der Waals surface area contributed by atoms with E-state index in [0.29, 0.717) is 33.2 Å². The Kier molecular flexibility index (Phi) is 12.6. The van der Waals surface area contributed by atoms with Crippen LogP contribution in [0.5, 0.6) is 0 Å². The topological polar surface area (TPSA) is 7.76 Å². The van der Waals surface area contributed by atoms with Gasteiger partial charge in [0.15, 0.2) is 37.9 Å². The third-order valence-corrected chi connectivity index (χ3v) is 6.34. The van der Waals surface area contributed by atoms with E-state index in [1.165, 1.54) is 0 Å². The summed E-state index contributed by atoms with van der Waals surface area (Å²) < 4.78 is 82.1. The van der Waals surface area contributed by atoms with Crippen molar-refractivity contribution in [1.29, 1.82) is 0 Å². The molecule has 40 heavy (non-hydrogen) atoms. The first-order valence-electron chi connectivity index (χ1n) is 11.1. The lowest BCUT2D eigenvalue weighted by Gasteiger charge is -2.05. The fourth-order valence-electron chi connectivity index (χ4n) is 3.24. The van der Waals surface area contributed by atoms with Gasteiger partial charge >= 0.3 is 14.5 Å². The van der Waals surface area contributed by atoms with E-state index in [4.69, 9.17) is 46.4 Å². The van der Waals surface area contributed by atoms with Gasteiger partial charge in [-0.3, -0.25) is 0 Å². The first kappa shape index (κ1) is 33.7. The van der Waals surface area contributed by atoms with Gasteiger partial charge in [0.1, 0.15) is 0 Å². The number of benzene rings is 2. The highest BCUT2D eigenvalue weighted by Gasteiger charge is 2.21. The summed E-state index contributed by atoms with van der Waals surface area (Å²) >= 11 is 25.1. The highest BCUT2D eigenvalue weighted by atomic mass is 35.5. The standard InChI is InChI=1S/C24H18Cl4N2.2BF4/c25-21-3-1-4-22(26)19(21)15-29-11-7-17(8-12-29)18-9-13-30(14-10-18)16-20-23(27)5-2-6-24(20)28;2*2-1(3,4)5/h1-14H,15-16H2;;/q+2;2*-1. The summed E-state index contributed by atoms with van der Waals surface area (Å²) in [7, 11) is -12.0. The molecule has 16 heteroatoms. The number of pyridine rings is 2. The number of aromatic nitrogens is 2. The third-order valence-electron chi connectivity index (χ3n) is 4.92. The Morgan fingerprint density at radius 1 is 0.450 bits per heavy atom. The minimum absolute atomic E-state index is 0.617. The Hall–Kier alpha value is -2.53. The molecule has 0 amide bonds. The fourth-order valence-corrected chi connectivity index (χ4v) is 4.28. The Bertz CT molecular complexity index is 1230. The number of hydrogen-bond donors (Lipinski definition) is 0. The van der Waals surface area contributed by atoms with Crippen LogP contribution in [0, 0.1) is 0 Å². The minimum atomic E-state index is -6.00. The van der Waals surface area contributed by atoms with Gasteiger partial charge in [0.05, 0.1) is 31.2 Å². The summed E-state index contributed by atoms with van der Waals surface area (Å²) in [5.74, 6) is 0. The molecule has 0 atom stereocenters. The molecule has 4 rings (SSSR count). The normalized spacial score (nSPS) is 11.2. The number of halogens is 12. The van der Waals surface area contributed by atoms with Gasteiger partial charge in [-0.25, -0.2) is 9.13 Å². The van der Waals surface area contributed by atoms with E-state index in [2.05, 4.69) is 33.4 Å². The van der Waals surface area contributed by atoms with Crippen LogP contribution in [-0.4, -0.2) is 14.5 Å². The van der Waals surface area contributed by atoms with Crippen molar-refractivity contribution >= 4 is 60.9 Å². The molecule has 0 saturated heterocycles. The van der Waals surface area contributed by atoms with Crippen LogP contribution >= 0.6 is 46.4 Å². The van der Waals surface area contributed by atoms with Crippen molar-refractivity contribution in [3.05, 3.63) is 117 Å². The molecule has 0 saturated carbocycles. The van der Waals surface area contributed by atoms with Gasteiger partial charge in [-0.05, 0) is 35.4 Å². The molecule has 0 aliphatic carbocycles. The average Bonchev–Trinajstić information content (AvgIpc) is 2.83. The Morgan fingerprint density at radius 2 is 0.675 bits per heavy atom. The molecule has 0 radical (unpaired) electrons. The average molecular weight is 650 g/mol. The van der Waals surface area contributed by atoms with Crippen molar-refractivity contribution in [3.63, 3.8) is 0 Å². The van der Waals surface area contributed by atoms with E-state index in [1.54, 1.807) is 0 Å². The molecule has 214 valence electrons. The number of rotatable bonds is 5. The highest BCUT2D eigenvalue weighted by Crippen LogP contribution is 2.25. The maximum absolute atomic E-state index is 9.75. The molecule has 0 fully saturated rings. The molecule has 4 aromatic rings. The second kappa shape index (κ2) is 14.9. The van der Waals surface area contributed by atoms with Gasteiger partial charge in [-0.15, -0.1) is 0 Å². The molecule has 0 unspecified atom stereocenters. The summed E-state index contributed by atoms with van der Waals surface area (Å²) in [6, 6.07) is 19.4. The van der Waals surface area contributed by atoms with Crippen LogP contribution in [0.2, 0.25) is 20.1 Å². The van der Waals surface area contributed by atoms with Crippen LogP contribution in [0.25, 0.3) is 11.1 Å². The largest absolute Gasteiger partial charge is 0.673 e. The van der Waals surface area contributed by atoms with Gasteiger partial charge < -0.3 is 34.5 Å². The monoisotopic (exact) mass is 648 g/mol. The minimum Gasteiger partial charge on any atom is -0.418 e. The second-order valence-corrected chi connectivity index (χ2v) is 9.54. The maximum Gasteiger partial charge on any atom is 0.673 e. The number of nitrogens with zero attached hydrogens (tertiary/aromatic N) is 2. The van der Waals surface area contributed by atoms with E-state index in [0.717, 1.165) is 22.3 Å². The second-order valence-electron chi connectivity index (χ2n) is 7.91. The number of hydrogen-bond acceptors (Lipinski definition) is 0. The molecular formula is C24H18B2Cl4F8N2. The summed E-state index contributed by atoms with van der Waals surface area (Å²) in [6.45, 7) is 1.23. The van der Waals surface area contributed by atoms with Crippen molar-refractivity contribution in [2.45, 2.75) is 13.1 Å². The van der Waals surface area contributed by atoms with Crippen LogP contribution in [0.1, 0.15) is 11.1 Å². The van der Waals surface area contributed by atoms with Crippen molar-refractivity contribution < 1.29 is 43.7 Å². The highest BCUT2D eigenvalue weighted by molar-refractivity contribution is 6.50. The van der Waals surface area contributed by atoms with Crippen molar-refractivity contribution in [2.24, 2.45) is 0 Å². The maximum atomic E-state index is 9.75. The van der Waals surface area contributed by atoms with Gasteiger partial charge in [0, 0.05) is 24.3 Å². The van der Waals surface area contributed by atoms with E-state index in [9.17, 15) is 34.5 Å². The molecule has 2 heterocycles. The summed E-state index contributed by atoms with van der Waals surface area (Å²) in [4.78, 5) is 0. The lowest BCUT2D eigenvalue weighted by molar-refractivity contribution is -0.688. The third kappa shape index (κ3) is 12.8. The van der Waals surface area contributed by atoms with Crippen molar-refractivity contribution in [2.75, 3.05) is 0 Å². The van der Waals surface area contributed by atoms with E-state index >= 15 is 0 Å². The Morgan fingerprint density at radius 3 is 0.900 bits per heavy atom.